The molecule has 3 amide bonds. The van der Waals surface area contributed by atoms with Gasteiger partial charge in [-0.05, 0) is 17.5 Å². The Bertz CT molecular complexity index is 907. The minimum atomic E-state index is -0.560. The van der Waals surface area contributed by atoms with Gasteiger partial charge in [0, 0.05) is 90.5 Å². The standard InChI is InChI=1S/C24H34N6O3/c31-21-5-4-20(23(32)26-21)30-17-19-3-1-2-18(22(19)24(30)33)16-29-14-12-28(13-15-29)11-10-27-8-6-25-7-9-27/h1-3,20,25H,4-17H2,(H,26,31,32). The molecule has 1 atom stereocenters. The monoisotopic (exact) mass is 454 g/mol. The molecule has 0 aliphatic carbocycles. The molecule has 0 radical (unpaired) electrons. The molecule has 1 aromatic carbocycles. The lowest BCUT2D eigenvalue weighted by Crippen LogP contribution is -2.52. The number of benzene rings is 1. The topological polar surface area (TPSA) is 88.2 Å². The smallest absolute Gasteiger partial charge is 0.255 e. The van der Waals surface area contributed by atoms with E-state index in [4.69, 9.17) is 0 Å². The summed E-state index contributed by atoms with van der Waals surface area (Å²) in [5.74, 6) is -0.691. The van der Waals surface area contributed by atoms with Crippen LogP contribution >= 0.6 is 0 Å². The van der Waals surface area contributed by atoms with E-state index in [0.717, 1.165) is 88.7 Å². The van der Waals surface area contributed by atoms with Gasteiger partial charge in [0.2, 0.25) is 11.8 Å². The van der Waals surface area contributed by atoms with E-state index >= 15 is 0 Å². The minimum absolute atomic E-state index is 0.0789. The van der Waals surface area contributed by atoms with Crippen LogP contribution in [0.4, 0.5) is 0 Å². The summed E-state index contributed by atoms with van der Waals surface area (Å²) in [7, 11) is 0. The summed E-state index contributed by atoms with van der Waals surface area (Å²) in [6, 6.07) is 5.48. The lowest BCUT2D eigenvalue weighted by molar-refractivity contribution is -0.136. The maximum atomic E-state index is 13.3. The first-order valence-corrected chi connectivity index (χ1v) is 12.2. The fraction of sp³-hybridized carbons (Fsp3) is 0.625. The van der Waals surface area contributed by atoms with E-state index in [9.17, 15) is 14.4 Å². The zero-order chi connectivity index (χ0) is 22.8. The van der Waals surface area contributed by atoms with Crippen molar-refractivity contribution >= 4 is 17.7 Å². The molecular formula is C24H34N6O3. The Morgan fingerprint density at radius 3 is 2.30 bits per heavy atom. The molecule has 3 fully saturated rings. The predicted molar refractivity (Wildman–Crippen MR) is 124 cm³/mol. The normalized spacial score (nSPS) is 25.4. The highest BCUT2D eigenvalue weighted by atomic mass is 16.2. The van der Waals surface area contributed by atoms with E-state index in [1.807, 2.05) is 18.2 Å². The Morgan fingerprint density at radius 2 is 1.58 bits per heavy atom. The van der Waals surface area contributed by atoms with Crippen molar-refractivity contribution in [3.05, 3.63) is 34.9 Å². The molecule has 178 valence electrons. The quantitative estimate of drug-likeness (QED) is 0.559. The Balaban J connectivity index is 1.16. The molecule has 9 nitrogen and oxygen atoms in total. The van der Waals surface area contributed by atoms with Gasteiger partial charge in [0.25, 0.3) is 5.91 Å². The molecule has 1 unspecified atom stereocenters. The number of hydrogen-bond donors (Lipinski definition) is 2. The molecule has 4 aliphatic rings. The fourth-order valence-electron chi connectivity index (χ4n) is 5.45. The van der Waals surface area contributed by atoms with Gasteiger partial charge in [-0.25, -0.2) is 0 Å². The van der Waals surface area contributed by atoms with Gasteiger partial charge in [-0.3, -0.25) is 34.4 Å². The molecule has 4 aliphatic heterocycles. The number of hydrogen-bond acceptors (Lipinski definition) is 7. The SMILES string of the molecule is O=C1CCC(N2Cc3cccc(CN4CCN(CCN5CCNCC5)CC4)c3C2=O)C(=O)N1. The van der Waals surface area contributed by atoms with Crippen LogP contribution in [0.3, 0.4) is 0 Å². The molecule has 1 aromatic rings. The molecule has 0 spiro atoms. The van der Waals surface area contributed by atoms with E-state index < -0.39 is 6.04 Å². The number of amides is 3. The second kappa shape index (κ2) is 9.89. The van der Waals surface area contributed by atoms with Gasteiger partial charge in [-0.15, -0.1) is 0 Å². The third-order valence-corrected chi connectivity index (χ3v) is 7.44. The van der Waals surface area contributed by atoms with Crippen LogP contribution in [0, 0.1) is 0 Å². The van der Waals surface area contributed by atoms with Crippen LogP contribution in [-0.4, -0.2) is 109 Å². The maximum Gasteiger partial charge on any atom is 0.255 e. The van der Waals surface area contributed by atoms with Gasteiger partial charge in [0.15, 0.2) is 0 Å². The van der Waals surface area contributed by atoms with Crippen molar-refractivity contribution in [1.29, 1.82) is 0 Å². The summed E-state index contributed by atoms with van der Waals surface area (Å²) < 4.78 is 0. The minimum Gasteiger partial charge on any atom is -0.322 e. The lowest BCUT2D eigenvalue weighted by atomic mass is 10.0. The number of piperazine rings is 2. The zero-order valence-electron chi connectivity index (χ0n) is 19.2. The summed E-state index contributed by atoms with van der Waals surface area (Å²) in [4.78, 5) is 46.3. The third-order valence-electron chi connectivity index (χ3n) is 7.44. The number of imide groups is 1. The molecule has 0 saturated carbocycles. The average Bonchev–Trinajstić information content (AvgIpc) is 3.16. The van der Waals surface area contributed by atoms with E-state index in [1.165, 1.54) is 0 Å². The van der Waals surface area contributed by atoms with Crippen molar-refractivity contribution in [2.75, 3.05) is 65.4 Å². The molecule has 3 saturated heterocycles. The number of carbonyl (C=O) groups excluding carboxylic acids is 3. The van der Waals surface area contributed by atoms with E-state index in [0.29, 0.717) is 13.0 Å². The third kappa shape index (κ3) is 4.96. The van der Waals surface area contributed by atoms with E-state index in [-0.39, 0.29) is 24.1 Å². The average molecular weight is 455 g/mol. The highest BCUT2D eigenvalue weighted by Crippen LogP contribution is 2.30. The van der Waals surface area contributed by atoms with Gasteiger partial charge in [0.05, 0.1) is 0 Å². The molecule has 4 heterocycles. The van der Waals surface area contributed by atoms with Crippen molar-refractivity contribution in [3.8, 4) is 0 Å². The molecule has 9 heteroatoms. The molecular weight excluding hydrogens is 420 g/mol. The maximum absolute atomic E-state index is 13.3. The molecule has 0 aromatic heterocycles. The summed E-state index contributed by atoms with van der Waals surface area (Å²) in [5, 5.41) is 5.78. The number of carbonyl (C=O) groups is 3. The molecule has 5 rings (SSSR count). The summed E-state index contributed by atoms with van der Waals surface area (Å²) in [6.45, 7) is 12.0. The van der Waals surface area contributed by atoms with Gasteiger partial charge in [-0.1, -0.05) is 18.2 Å². The predicted octanol–water partition coefficient (Wildman–Crippen LogP) is -0.530. The van der Waals surface area contributed by atoms with Crippen LogP contribution in [0.25, 0.3) is 0 Å². The summed E-state index contributed by atoms with van der Waals surface area (Å²) in [5.41, 5.74) is 2.78. The summed E-state index contributed by atoms with van der Waals surface area (Å²) >= 11 is 0. The van der Waals surface area contributed by atoms with Crippen LogP contribution < -0.4 is 10.6 Å². The second-order valence-corrected chi connectivity index (χ2v) is 9.56. The number of piperidine rings is 1. The first-order valence-electron chi connectivity index (χ1n) is 12.2. The van der Waals surface area contributed by atoms with Crippen LogP contribution in [0.2, 0.25) is 0 Å². The van der Waals surface area contributed by atoms with Crippen molar-refractivity contribution in [3.63, 3.8) is 0 Å². The van der Waals surface area contributed by atoms with Gasteiger partial charge in [-0.2, -0.15) is 0 Å². The second-order valence-electron chi connectivity index (χ2n) is 9.56. The Morgan fingerprint density at radius 1 is 0.879 bits per heavy atom. The molecule has 33 heavy (non-hydrogen) atoms. The van der Waals surface area contributed by atoms with Crippen LogP contribution in [-0.2, 0) is 22.7 Å². The number of nitrogens with zero attached hydrogens (tertiary/aromatic N) is 4. The zero-order valence-corrected chi connectivity index (χ0v) is 19.2. The van der Waals surface area contributed by atoms with Crippen LogP contribution in [0.1, 0.15) is 34.3 Å². The summed E-state index contributed by atoms with van der Waals surface area (Å²) in [6.07, 6.45) is 0.679. The van der Waals surface area contributed by atoms with Crippen molar-refractivity contribution in [2.24, 2.45) is 0 Å². The fourth-order valence-corrected chi connectivity index (χ4v) is 5.45. The number of rotatable bonds is 6. The highest BCUT2D eigenvalue weighted by Gasteiger charge is 2.40. The molecule has 0 bridgehead atoms. The van der Waals surface area contributed by atoms with Gasteiger partial charge in [0.1, 0.15) is 6.04 Å². The Labute approximate surface area is 195 Å². The first kappa shape index (κ1) is 22.5. The van der Waals surface area contributed by atoms with Gasteiger partial charge >= 0.3 is 0 Å². The van der Waals surface area contributed by atoms with E-state index in [2.05, 4.69) is 25.3 Å². The number of fused-ring (bicyclic) bond motifs is 1. The first-order chi connectivity index (χ1) is 16.1. The van der Waals surface area contributed by atoms with Crippen molar-refractivity contribution in [2.45, 2.75) is 32.0 Å². The Kier molecular flexibility index (Phi) is 6.73. The van der Waals surface area contributed by atoms with Crippen molar-refractivity contribution in [1.82, 2.24) is 30.2 Å². The largest absolute Gasteiger partial charge is 0.322 e. The molecule has 2 N–H and O–H groups in total. The van der Waals surface area contributed by atoms with Crippen LogP contribution in [0.15, 0.2) is 18.2 Å². The van der Waals surface area contributed by atoms with Crippen LogP contribution in [0.5, 0.6) is 0 Å². The number of nitrogens with one attached hydrogen (secondary N) is 2. The Hall–Kier alpha value is -2.33. The van der Waals surface area contributed by atoms with Crippen molar-refractivity contribution < 1.29 is 14.4 Å². The van der Waals surface area contributed by atoms with E-state index in [1.54, 1.807) is 4.90 Å². The van der Waals surface area contributed by atoms with Gasteiger partial charge < -0.3 is 10.2 Å². The highest BCUT2D eigenvalue weighted by molar-refractivity contribution is 6.05. The lowest BCUT2D eigenvalue weighted by Gasteiger charge is -2.36.